The molecule has 1 aromatic heterocycles. The molecular formula is C21H20BrClFN3O5S. The molecule has 0 bridgehead atoms. The number of likely N-dealkylation sites (tertiary alicyclic amines) is 2. The van der Waals surface area contributed by atoms with Crippen molar-refractivity contribution < 1.29 is 27.5 Å². The molecule has 2 aromatic rings. The largest absolute Gasteiger partial charge is 0.480 e. The normalized spacial score (nSPS) is 22.7. The van der Waals surface area contributed by atoms with E-state index in [1.807, 2.05) is 0 Å². The lowest BCUT2D eigenvalue weighted by Gasteiger charge is -2.48. The van der Waals surface area contributed by atoms with Gasteiger partial charge in [-0.15, -0.1) is 0 Å². The number of carbonyl (C=O) groups excluding carboxylic acids is 1. The van der Waals surface area contributed by atoms with Gasteiger partial charge in [-0.05, 0) is 47.6 Å². The highest BCUT2D eigenvalue weighted by Gasteiger charge is 2.57. The second-order valence-corrected chi connectivity index (χ2v) is 11.9. The minimum Gasteiger partial charge on any atom is -0.480 e. The molecule has 0 unspecified atom stereocenters. The maximum atomic E-state index is 14.8. The summed E-state index contributed by atoms with van der Waals surface area (Å²) in [6, 6.07) is 5.71. The summed E-state index contributed by atoms with van der Waals surface area (Å²) in [6.07, 6.45) is 1.08. The Labute approximate surface area is 203 Å². The van der Waals surface area contributed by atoms with Gasteiger partial charge in [-0.1, -0.05) is 23.7 Å². The smallest absolute Gasteiger partial charge is 0.326 e. The van der Waals surface area contributed by atoms with Crippen molar-refractivity contribution in [3.05, 3.63) is 57.5 Å². The second-order valence-electron chi connectivity index (χ2n) is 8.38. The molecule has 2 fully saturated rings. The molecule has 2 saturated heterocycles. The van der Waals surface area contributed by atoms with E-state index >= 15 is 0 Å². The number of halogens is 3. The number of aliphatic carboxylic acids is 1. The maximum Gasteiger partial charge on any atom is 0.326 e. The third-order valence-electron chi connectivity index (χ3n) is 6.14. The van der Waals surface area contributed by atoms with Gasteiger partial charge in [0.25, 0.3) is 0 Å². The predicted octanol–water partition coefficient (Wildman–Crippen LogP) is 2.35. The summed E-state index contributed by atoms with van der Waals surface area (Å²) < 4.78 is 41.7. The third kappa shape index (κ3) is 4.05. The Morgan fingerprint density at radius 3 is 2.55 bits per heavy atom. The number of hydrogen-bond acceptors (Lipinski definition) is 6. The van der Waals surface area contributed by atoms with Crippen molar-refractivity contribution in [3.8, 4) is 0 Å². The van der Waals surface area contributed by atoms with Gasteiger partial charge in [-0.3, -0.25) is 9.78 Å². The lowest BCUT2D eigenvalue weighted by molar-refractivity contribution is -0.154. The highest BCUT2D eigenvalue weighted by atomic mass is 79.9. The van der Waals surface area contributed by atoms with Crippen LogP contribution in [-0.2, 0) is 24.8 Å². The van der Waals surface area contributed by atoms with Gasteiger partial charge in [-0.2, -0.15) is 0 Å². The molecule has 12 heteroatoms. The maximum absolute atomic E-state index is 14.8. The van der Waals surface area contributed by atoms with Crippen LogP contribution in [0.3, 0.4) is 0 Å². The molecule has 176 valence electrons. The Morgan fingerprint density at radius 1 is 1.30 bits per heavy atom. The van der Waals surface area contributed by atoms with Crippen molar-refractivity contribution in [2.45, 2.75) is 28.0 Å². The number of hydrogen-bond donors (Lipinski definition) is 1. The average molecular weight is 561 g/mol. The Morgan fingerprint density at radius 2 is 1.97 bits per heavy atom. The van der Waals surface area contributed by atoms with E-state index in [0.717, 1.165) is 4.90 Å². The molecule has 2 aliphatic heterocycles. The number of aromatic nitrogens is 1. The highest BCUT2D eigenvalue weighted by Crippen LogP contribution is 2.40. The van der Waals surface area contributed by atoms with Crippen LogP contribution in [-0.4, -0.2) is 78.2 Å². The van der Waals surface area contributed by atoms with Crippen LogP contribution in [0.5, 0.6) is 0 Å². The number of rotatable bonds is 5. The molecule has 0 radical (unpaired) electrons. The first kappa shape index (κ1) is 24.1. The zero-order chi connectivity index (χ0) is 24.1. The van der Waals surface area contributed by atoms with Crippen LogP contribution in [0.1, 0.15) is 12.1 Å². The van der Waals surface area contributed by atoms with Crippen LogP contribution in [0.15, 0.2) is 45.9 Å². The Balaban J connectivity index is 1.71. The first-order valence-electron chi connectivity index (χ1n) is 10.00. The second kappa shape index (κ2) is 8.61. The van der Waals surface area contributed by atoms with Gasteiger partial charge in [0.05, 0.1) is 20.9 Å². The lowest BCUT2D eigenvalue weighted by atomic mass is 9.75. The van der Waals surface area contributed by atoms with Gasteiger partial charge in [0.2, 0.25) is 5.91 Å². The molecule has 3 heterocycles. The molecule has 1 aromatic carbocycles. The molecule has 0 saturated carbocycles. The van der Waals surface area contributed by atoms with Crippen LogP contribution in [0.4, 0.5) is 4.39 Å². The van der Waals surface area contributed by atoms with E-state index in [0.29, 0.717) is 4.47 Å². The summed E-state index contributed by atoms with van der Waals surface area (Å²) in [6.45, 7) is -0.0860. The summed E-state index contributed by atoms with van der Waals surface area (Å²) in [7, 11) is -2.28. The Kier molecular flexibility index (Phi) is 6.27. The van der Waals surface area contributed by atoms with Gasteiger partial charge in [0.1, 0.15) is 17.3 Å². The summed E-state index contributed by atoms with van der Waals surface area (Å²) >= 11 is 9.22. The molecular weight excluding hydrogens is 541 g/mol. The molecule has 8 nitrogen and oxygen atoms in total. The number of carboxylic acid groups (broad SMARTS) is 1. The van der Waals surface area contributed by atoms with E-state index < -0.39 is 44.2 Å². The third-order valence-corrected chi connectivity index (χ3v) is 9.20. The van der Waals surface area contributed by atoms with Gasteiger partial charge in [-0.25, -0.2) is 17.6 Å². The molecule has 1 N–H and O–H groups in total. The number of likely N-dealkylation sites (N-methyl/N-ethyl adjacent to an activating group) is 1. The van der Waals surface area contributed by atoms with Crippen LogP contribution in [0.2, 0.25) is 5.02 Å². The fourth-order valence-electron chi connectivity index (χ4n) is 4.64. The minimum atomic E-state index is -4.02. The lowest BCUT2D eigenvalue weighted by Crippen LogP contribution is -2.67. The minimum absolute atomic E-state index is 0.0207. The highest BCUT2D eigenvalue weighted by molar-refractivity contribution is 9.10. The summed E-state index contributed by atoms with van der Waals surface area (Å²) in [5.74, 6) is -2.68. The molecule has 0 aliphatic carbocycles. The number of benzene rings is 1. The standard InChI is InChI=1S/C21H20BrClFN3O5S/c1-26-10-21(11-26,18-15(24)6-12(22)8-25-18)20(30)27-9-13(7-16(27)19(28)29)33(31,32)17-5-3-2-4-14(17)23/h2-6,8,13,16H,7,9-11H2,1H3,(H,28,29)/t13-,16+/m1/s1. The summed E-state index contributed by atoms with van der Waals surface area (Å²) in [5.41, 5.74) is -1.49. The zero-order valence-electron chi connectivity index (χ0n) is 17.4. The van der Waals surface area contributed by atoms with Crippen molar-refractivity contribution in [2.75, 3.05) is 26.7 Å². The average Bonchev–Trinajstić information content (AvgIpc) is 3.18. The van der Waals surface area contributed by atoms with Crippen LogP contribution < -0.4 is 0 Å². The van der Waals surface area contributed by atoms with E-state index in [9.17, 15) is 27.5 Å². The van der Waals surface area contributed by atoms with E-state index in [2.05, 4.69) is 20.9 Å². The molecule has 33 heavy (non-hydrogen) atoms. The zero-order valence-corrected chi connectivity index (χ0v) is 20.6. The SMILES string of the molecule is CN1CC(C(=O)N2C[C@H](S(=O)(=O)c3ccccc3Cl)C[C@H]2C(=O)O)(c2ncc(Br)cc2F)C1. The van der Waals surface area contributed by atoms with E-state index in [4.69, 9.17) is 11.6 Å². The van der Waals surface area contributed by atoms with Crippen LogP contribution >= 0.6 is 27.5 Å². The Hall–Kier alpha value is -2.08. The van der Waals surface area contributed by atoms with Crippen molar-refractivity contribution in [1.82, 2.24) is 14.8 Å². The van der Waals surface area contributed by atoms with E-state index in [-0.39, 0.29) is 41.7 Å². The van der Waals surface area contributed by atoms with Crippen LogP contribution in [0, 0.1) is 5.82 Å². The van der Waals surface area contributed by atoms with Gasteiger partial charge < -0.3 is 14.9 Å². The molecule has 0 spiro atoms. The number of pyridine rings is 1. The van der Waals surface area contributed by atoms with Gasteiger partial charge >= 0.3 is 5.97 Å². The molecule has 2 atom stereocenters. The van der Waals surface area contributed by atoms with Crippen LogP contribution in [0.25, 0.3) is 0 Å². The Bertz CT molecular complexity index is 1240. The summed E-state index contributed by atoms with van der Waals surface area (Å²) in [5, 5.41) is 8.64. The van der Waals surface area contributed by atoms with Gasteiger partial charge in [0, 0.05) is 30.3 Å². The number of nitrogens with zero attached hydrogens (tertiary/aromatic N) is 3. The number of carboxylic acids is 1. The molecule has 1 amide bonds. The first-order valence-corrected chi connectivity index (χ1v) is 12.7. The molecule has 4 rings (SSSR count). The van der Waals surface area contributed by atoms with E-state index in [1.165, 1.54) is 30.5 Å². The number of amides is 1. The molecule has 2 aliphatic rings. The summed E-state index contributed by atoms with van der Waals surface area (Å²) in [4.78, 5) is 32.6. The van der Waals surface area contributed by atoms with Crippen molar-refractivity contribution in [3.63, 3.8) is 0 Å². The number of carbonyl (C=O) groups is 2. The van der Waals surface area contributed by atoms with Crippen molar-refractivity contribution in [2.24, 2.45) is 0 Å². The monoisotopic (exact) mass is 559 g/mol. The fourth-order valence-corrected chi connectivity index (χ4v) is 7.16. The fraction of sp³-hybridized carbons (Fsp3) is 0.381. The van der Waals surface area contributed by atoms with E-state index in [1.54, 1.807) is 18.0 Å². The van der Waals surface area contributed by atoms with Gasteiger partial charge in [0.15, 0.2) is 9.84 Å². The quantitative estimate of drug-likeness (QED) is 0.598. The topological polar surface area (TPSA) is 108 Å². The first-order chi connectivity index (χ1) is 15.5. The predicted molar refractivity (Wildman–Crippen MR) is 121 cm³/mol. The van der Waals surface area contributed by atoms with Crippen molar-refractivity contribution in [1.29, 1.82) is 0 Å². The van der Waals surface area contributed by atoms with Crippen molar-refractivity contribution >= 4 is 49.2 Å². The number of sulfone groups is 1.